The van der Waals surface area contributed by atoms with E-state index in [0.29, 0.717) is 0 Å². The average Bonchev–Trinajstić information content (AvgIpc) is 2.99. The van der Waals surface area contributed by atoms with Gasteiger partial charge in [0.25, 0.3) is 0 Å². The Morgan fingerprint density at radius 2 is 2.12 bits per heavy atom. The van der Waals surface area contributed by atoms with E-state index in [1.54, 1.807) is 0 Å². The van der Waals surface area contributed by atoms with E-state index in [-0.39, 0.29) is 6.04 Å². The summed E-state index contributed by atoms with van der Waals surface area (Å²) >= 11 is 0. The Balaban J connectivity index is 1.73. The first-order valence-corrected chi connectivity index (χ1v) is 6.67. The molecule has 2 rings (SSSR count). The molecule has 0 amide bonds. The van der Waals surface area contributed by atoms with E-state index in [1.807, 2.05) is 10.9 Å². The number of nitrogens with two attached hydrogens (primary N) is 1. The maximum atomic E-state index is 5.91. The zero-order valence-electron chi connectivity index (χ0n) is 10.7. The fourth-order valence-electron chi connectivity index (χ4n) is 2.26. The minimum absolute atomic E-state index is 0.0299. The number of rotatable bonds is 6. The monoisotopic (exact) mass is 237 g/mol. The number of likely N-dealkylation sites (tertiary alicyclic amines) is 1. The topological polar surface area (TPSA) is 60.0 Å². The van der Waals surface area contributed by atoms with Crippen LogP contribution in [-0.2, 0) is 6.54 Å². The molecule has 5 heteroatoms. The number of aryl methyl sites for hydroxylation is 1. The van der Waals surface area contributed by atoms with Crippen LogP contribution >= 0.6 is 0 Å². The van der Waals surface area contributed by atoms with Crippen molar-refractivity contribution in [3.8, 4) is 0 Å². The zero-order valence-corrected chi connectivity index (χ0v) is 10.7. The quantitative estimate of drug-likeness (QED) is 0.807. The van der Waals surface area contributed by atoms with Crippen molar-refractivity contribution in [2.75, 3.05) is 19.6 Å². The lowest BCUT2D eigenvalue weighted by atomic mass is 10.2. The molecule has 1 aliphatic rings. The summed E-state index contributed by atoms with van der Waals surface area (Å²) in [7, 11) is 0. The van der Waals surface area contributed by atoms with Crippen molar-refractivity contribution in [1.82, 2.24) is 19.9 Å². The van der Waals surface area contributed by atoms with Crippen LogP contribution in [0.2, 0.25) is 0 Å². The summed E-state index contributed by atoms with van der Waals surface area (Å²) in [4.78, 5) is 2.52. The van der Waals surface area contributed by atoms with Gasteiger partial charge in [-0.1, -0.05) is 12.1 Å². The second kappa shape index (κ2) is 6.12. The molecule has 0 radical (unpaired) electrons. The molecule has 0 saturated carbocycles. The predicted octanol–water partition coefficient (Wildman–Crippen LogP) is 1.17. The van der Waals surface area contributed by atoms with Gasteiger partial charge in [0.1, 0.15) is 0 Å². The lowest BCUT2D eigenvalue weighted by Crippen LogP contribution is -2.21. The number of nitrogens with zero attached hydrogens (tertiary/aromatic N) is 4. The number of aromatic nitrogens is 3. The predicted molar refractivity (Wildman–Crippen MR) is 67.5 cm³/mol. The van der Waals surface area contributed by atoms with Crippen molar-refractivity contribution in [3.63, 3.8) is 0 Å². The highest BCUT2D eigenvalue weighted by molar-refractivity contribution is 4.98. The third-order valence-electron chi connectivity index (χ3n) is 3.44. The van der Waals surface area contributed by atoms with Crippen molar-refractivity contribution >= 4 is 0 Å². The molecule has 0 spiro atoms. The summed E-state index contributed by atoms with van der Waals surface area (Å²) in [6, 6.07) is 0.0299. The van der Waals surface area contributed by atoms with E-state index in [9.17, 15) is 0 Å². The Kier molecular flexibility index (Phi) is 4.50. The molecule has 2 heterocycles. The van der Waals surface area contributed by atoms with E-state index >= 15 is 0 Å². The molecule has 5 nitrogen and oxygen atoms in total. The highest BCUT2D eigenvalue weighted by Crippen LogP contribution is 2.10. The molecule has 17 heavy (non-hydrogen) atoms. The van der Waals surface area contributed by atoms with Crippen molar-refractivity contribution in [2.45, 2.75) is 45.2 Å². The van der Waals surface area contributed by atoms with Gasteiger partial charge in [-0.3, -0.25) is 4.68 Å². The van der Waals surface area contributed by atoms with Crippen LogP contribution in [0.4, 0.5) is 0 Å². The second-order valence-electron chi connectivity index (χ2n) is 4.82. The van der Waals surface area contributed by atoms with Gasteiger partial charge < -0.3 is 10.6 Å². The third kappa shape index (κ3) is 3.51. The SMILES string of the molecule is CCC(N)c1cn(CCCN2CCCC2)nn1. The summed E-state index contributed by atoms with van der Waals surface area (Å²) in [5.74, 6) is 0. The smallest absolute Gasteiger partial charge is 0.0993 e. The maximum absolute atomic E-state index is 5.91. The number of hydrogen-bond donors (Lipinski definition) is 1. The second-order valence-corrected chi connectivity index (χ2v) is 4.82. The van der Waals surface area contributed by atoms with Gasteiger partial charge in [0, 0.05) is 6.54 Å². The van der Waals surface area contributed by atoms with Crippen LogP contribution in [0.3, 0.4) is 0 Å². The van der Waals surface area contributed by atoms with Gasteiger partial charge in [-0.05, 0) is 45.3 Å². The van der Waals surface area contributed by atoms with Crippen LogP contribution in [0.25, 0.3) is 0 Å². The van der Waals surface area contributed by atoms with E-state index in [0.717, 1.165) is 25.1 Å². The minimum atomic E-state index is 0.0299. The number of hydrogen-bond acceptors (Lipinski definition) is 4. The molecular formula is C12H23N5. The highest BCUT2D eigenvalue weighted by Gasteiger charge is 2.11. The third-order valence-corrected chi connectivity index (χ3v) is 3.44. The van der Waals surface area contributed by atoms with E-state index in [4.69, 9.17) is 5.73 Å². The molecule has 1 aromatic heterocycles. The molecule has 0 aliphatic carbocycles. The zero-order chi connectivity index (χ0) is 12.1. The van der Waals surface area contributed by atoms with E-state index in [2.05, 4.69) is 22.1 Å². The van der Waals surface area contributed by atoms with Crippen LogP contribution < -0.4 is 5.73 Å². The molecule has 0 bridgehead atoms. The lowest BCUT2D eigenvalue weighted by molar-refractivity contribution is 0.321. The van der Waals surface area contributed by atoms with Gasteiger partial charge in [-0.2, -0.15) is 0 Å². The molecule has 0 aromatic carbocycles. The fraction of sp³-hybridized carbons (Fsp3) is 0.833. The van der Waals surface area contributed by atoms with Crippen molar-refractivity contribution in [1.29, 1.82) is 0 Å². The van der Waals surface area contributed by atoms with Crippen LogP contribution in [0.15, 0.2) is 6.20 Å². The maximum Gasteiger partial charge on any atom is 0.0993 e. The van der Waals surface area contributed by atoms with Crippen molar-refractivity contribution in [3.05, 3.63) is 11.9 Å². The standard InChI is InChI=1S/C12H23N5/c1-2-11(13)12-10-17(15-14-12)9-5-8-16-6-3-4-7-16/h10-11H,2-9,13H2,1H3. The van der Waals surface area contributed by atoms with Crippen molar-refractivity contribution < 1.29 is 0 Å². The van der Waals surface area contributed by atoms with Gasteiger partial charge in [-0.25, -0.2) is 0 Å². The van der Waals surface area contributed by atoms with Gasteiger partial charge in [0.15, 0.2) is 0 Å². The summed E-state index contributed by atoms with van der Waals surface area (Å²) in [6.07, 6.45) is 6.76. The molecule has 1 saturated heterocycles. The Hall–Kier alpha value is -0.940. The van der Waals surface area contributed by atoms with E-state index < -0.39 is 0 Å². The molecule has 96 valence electrons. The van der Waals surface area contributed by atoms with Crippen LogP contribution in [0, 0.1) is 0 Å². The summed E-state index contributed by atoms with van der Waals surface area (Å²) in [6.45, 7) is 6.72. The average molecular weight is 237 g/mol. The molecule has 1 unspecified atom stereocenters. The minimum Gasteiger partial charge on any atom is -0.323 e. The molecule has 1 aliphatic heterocycles. The van der Waals surface area contributed by atoms with Crippen molar-refractivity contribution in [2.24, 2.45) is 5.73 Å². The largest absolute Gasteiger partial charge is 0.323 e. The lowest BCUT2D eigenvalue weighted by Gasteiger charge is -2.13. The van der Waals surface area contributed by atoms with E-state index in [1.165, 1.54) is 32.5 Å². The molecule has 2 N–H and O–H groups in total. The van der Waals surface area contributed by atoms with Gasteiger partial charge in [0.2, 0.25) is 0 Å². The Morgan fingerprint density at radius 1 is 1.35 bits per heavy atom. The first-order chi connectivity index (χ1) is 8.29. The molecule has 1 aromatic rings. The Bertz CT molecular complexity index is 329. The van der Waals surface area contributed by atoms with Crippen LogP contribution in [0.5, 0.6) is 0 Å². The molecular weight excluding hydrogens is 214 g/mol. The van der Waals surface area contributed by atoms with Gasteiger partial charge >= 0.3 is 0 Å². The Labute approximate surface area is 103 Å². The molecule has 1 atom stereocenters. The summed E-state index contributed by atoms with van der Waals surface area (Å²) in [5, 5.41) is 8.23. The first kappa shape index (κ1) is 12.5. The summed E-state index contributed by atoms with van der Waals surface area (Å²) in [5.41, 5.74) is 6.82. The molecule has 1 fully saturated rings. The van der Waals surface area contributed by atoms with Gasteiger partial charge in [-0.15, -0.1) is 5.10 Å². The van der Waals surface area contributed by atoms with Crippen LogP contribution in [0.1, 0.15) is 44.3 Å². The highest BCUT2D eigenvalue weighted by atomic mass is 15.4. The summed E-state index contributed by atoms with van der Waals surface area (Å²) < 4.78 is 1.92. The first-order valence-electron chi connectivity index (χ1n) is 6.67. The normalized spacial score (nSPS) is 18.7. The van der Waals surface area contributed by atoms with Crippen LogP contribution in [-0.4, -0.2) is 39.5 Å². The van der Waals surface area contributed by atoms with Gasteiger partial charge in [0.05, 0.1) is 17.9 Å². The fourth-order valence-corrected chi connectivity index (χ4v) is 2.26. The Morgan fingerprint density at radius 3 is 2.82 bits per heavy atom.